The molecule has 0 N–H and O–H groups in total. The number of hydrogen-bond acceptors (Lipinski definition) is 2. The van der Waals surface area contributed by atoms with E-state index in [-0.39, 0.29) is 5.82 Å². The molecule has 0 radical (unpaired) electrons. The molecule has 0 aliphatic heterocycles. The van der Waals surface area contributed by atoms with E-state index in [1.54, 1.807) is 6.07 Å². The van der Waals surface area contributed by atoms with Crippen LogP contribution < -0.4 is 0 Å². The lowest BCUT2D eigenvalue weighted by atomic mass is 10.0. The second-order valence-electron chi connectivity index (χ2n) is 6.96. The lowest BCUT2D eigenvalue weighted by molar-refractivity contribution is 0.629. The van der Waals surface area contributed by atoms with Crippen molar-refractivity contribution in [1.29, 1.82) is 0 Å². The highest BCUT2D eigenvalue weighted by Gasteiger charge is 2.18. The van der Waals surface area contributed by atoms with Gasteiger partial charge in [0.15, 0.2) is 5.58 Å². The number of fused-ring (bicyclic) bond motifs is 7. The maximum atomic E-state index is 14.0. The zero-order valence-corrected chi connectivity index (χ0v) is 14.8. The van der Waals surface area contributed by atoms with Gasteiger partial charge >= 0.3 is 0 Å². The molecule has 132 valence electrons. The molecule has 2 heterocycles. The number of furan rings is 1. The van der Waals surface area contributed by atoms with Gasteiger partial charge in [-0.3, -0.25) is 0 Å². The molecule has 0 unspecified atom stereocenters. The lowest BCUT2D eigenvalue weighted by Gasteiger charge is -2.05. The third-order valence-electron chi connectivity index (χ3n) is 5.30. The number of rotatable bonds is 1. The van der Waals surface area contributed by atoms with Crippen LogP contribution in [-0.4, -0.2) is 4.98 Å². The molecule has 3 heteroatoms. The van der Waals surface area contributed by atoms with Crippen LogP contribution in [-0.2, 0) is 0 Å². The monoisotopic (exact) mass is 363 g/mol. The summed E-state index contributed by atoms with van der Waals surface area (Å²) in [5, 5.41) is 4.75. The number of halogens is 1. The first-order chi connectivity index (χ1) is 13.8. The fourth-order valence-corrected chi connectivity index (χ4v) is 4.03. The van der Waals surface area contributed by atoms with Crippen molar-refractivity contribution < 1.29 is 8.81 Å². The van der Waals surface area contributed by atoms with Crippen LogP contribution in [0.4, 0.5) is 4.39 Å². The molecule has 4 aromatic carbocycles. The summed E-state index contributed by atoms with van der Waals surface area (Å²) in [4.78, 5) is 4.90. The summed E-state index contributed by atoms with van der Waals surface area (Å²) in [7, 11) is 0. The number of para-hydroxylation sites is 1. The Bertz CT molecular complexity index is 1520. The molecule has 28 heavy (non-hydrogen) atoms. The zero-order valence-electron chi connectivity index (χ0n) is 14.8. The average molecular weight is 363 g/mol. The van der Waals surface area contributed by atoms with Gasteiger partial charge in [0.1, 0.15) is 17.1 Å². The van der Waals surface area contributed by atoms with Gasteiger partial charge in [-0.05, 0) is 29.7 Å². The Labute approximate surface area is 159 Å². The summed E-state index contributed by atoms with van der Waals surface area (Å²) >= 11 is 0. The minimum atomic E-state index is -0.272. The van der Waals surface area contributed by atoms with Crippen molar-refractivity contribution in [2.45, 2.75) is 0 Å². The standard InChI is InChI=1S/C25H14FNO/c26-17-12-10-15-11-13-19-22-18-8-4-5-9-21(18)27-23(16-6-2-1-3-7-16)25(22)28-24(19)20(15)14-17/h1-14H. The molecule has 0 amide bonds. The summed E-state index contributed by atoms with van der Waals surface area (Å²) < 4.78 is 20.3. The molecular weight excluding hydrogens is 349 g/mol. The van der Waals surface area contributed by atoms with Gasteiger partial charge in [0.25, 0.3) is 0 Å². The van der Waals surface area contributed by atoms with E-state index >= 15 is 0 Å². The molecule has 6 rings (SSSR count). The Morgan fingerprint density at radius 2 is 1.46 bits per heavy atom. The minimum absolute atomic E-state index is 0.272. The summed E-state index contributed by atoms with van der Waals surface area (Å²) in [5.74, 6) is -0.272. The lowest BCUT2D eigenvalue weighted by Crippen LogP contribution is -1.87. The van der Waals surface area contributed by atoms with Gasteiger partial charge in [-0.25, -0.2) is 9.37 Å². The maximum absolute atomic E-state index is 14.0. The van der Waals surface area contributed by atoms with E-state index in [9.17, 15) is 4.39 Å². The average Bonchev–Trinajstić information content (AvgIpc) is 3.14. The van der Waals surface area contributed by atoms with Crippen LogP contribution in [0.15, 0.2) is 89.3 Å². The molecule has 2 nitrogen and oxygen atoms in total. The van der Waals surface area contributed by atoms with Crippen molar-refractivity contribution in [3.63, 3.8) is 0 Å². The van der Waals surface area contributed by atoms with Crippen LogP contribution in [0.5, 0.6) is 0 Å². The predicted octanol–water partition coefficient (Wildman–Crippen LogP) is 7.09. The van der Waals surface area contributed by atoms with Crippen molar-refractivity contribution in [3.05, 3.63) is 90.7 Å². The topological polar surface area (TPSA) is 26.0 Å². The van der Waals surface area contributed by atoms with E-state index in [0.717, 1.165) is 49.3 Å². The molecule has 0 atom stereocenters. The number of aromatic nitrogens is 1. The van der Waals surface area contributed by atoms with Crippen molar-refractivity contribution in [2.24, 2.45) is 0 Å². The molecule has 0 bridgehead atoms. The van der Waals surface area contributed by atoms with E-state index in [4.69, 9.17) is 9.40 Å². The second-order valence-corrected chi connectivity index (χ2v) is 6.96. The first kappa shape index (κ1) is 15.3. The Hall–Kier alpha value is -3.72. The normalized spacial score (nSPS) is 11.8. The van der Waals surface area contributed by atoms with Gasteiger partial charge in [0, 0.05) is 27.1 Å². The van der Waals surface area contributed by atoms with Gasteiger partial charge in [0.05, 0.1) is 5.52 Å². The van der Waals surface area contributed by atoms with Crippen molar-refractivity contribution >= 4 is 43.6 Å². The summed E-state index contributed by atoms with van der Waals surface area (Å²) in [6, 6.07) is 27.0. The van der Waals surface area contributed by atoms with Crippen LogP contribution in [0.1, 0.15) is 0 Å². The molecule has 0 spiro atoms. The van der Waals surface area contributed by atoms with Gasteiger partial charge in [0.2, 0.25) is 0 Å². The van der Waals surface area contributed by atoms with E-state index in [0.29, 0.717) is 5.58 Å². The molecule has 0 fully saturated rings. The van der Waals surface area contributed by atoms with E-state index in [1.807, 2.05) is 54.6 Å². The third-order valence-corrected chi connectivity index (χ3v) is 5.30. The fraction of sp³-hybridized carbons (Fsp3) is 0. The maximum Gasteiger partial charge on any atom is 0.162 e. The van der Waals surface area contributed by atoms with Crippen LogP contribution in [0.25, 0.3) is 54.9 Å². The largest absolute Gasteiger partial charge is 0.453 e. The Kier molecular flexibility index (Phi) is 3.09. The van der Waals surface area contributed by atoms with Gasteiger partial charge in [-0.15, -0.1) is 0 Å². The summed E-state index contributed by atoms with van der Waals surface area (Å²) in [6.07, 6.45) is 0. The molecule has 0 saturated carbocycles. The molecule has 6 aromatic rings. The highest BCUT2D eigenvalue weighted by molar-refractivity contribution is 6.24. The molecule has 0 saturated heterocycles. The summed E-state index contributed by atoms with van der Waals surface area (Å²) in [6.45, 7) is 0. The first-order valence-corrected chi connectivity index (χ1v) is 9.18. The van der Waals surface area contributed by atoms with E-state index in [1.165, 1.54) is 12.1 Å². The van der Waals surface area contributed by atoms with Crippen LogP contribution in [0.3, 0.4) is 0 Å². The van der Waals surface area contributed by atoms with Crippen molar-refractivity contribution in [3.8, 4) is 11.3 Å². The fourth-order valence-electron chi connectivity index (χ4n) is 4.03. The van der Waals surface area contributed by atoms with Gasteiger partial charge in [-0.1, -0.05) is 60.7 Å². The zero-order chi connectivity index (χ0) is 18.7. The van der Waals surface area contributed by atoms with Crippen molar-refractivity contribution in [2.75, 3.05) is 0 Å². The second kappa shape index (κ2) is 5.64. The Morgan fingerprint density at radius 3 is 2.36 bits per heavy atom. The van der Waals surface area contributed by atoms with Crippen LogP contribution in [0, 0.1) is 5.82 Å². The highest BCUT2D eigenvalue weighted by Crippen LogP contribution is 2.41. The number of nitrogens with zero attached hydrogens (tertiary/aromatic N) is 1. The number of hydrogen-bond donors (Lipinski definition) is 0. The number of benzene rings is 4. The van der Waals surface area contributed by atoms with Crippen LogP contribution >= 0.6 is 0 Å². The molecule has 0 aliphatic rings. The van der Waals surface area contributed by atoms with E-state index in [2.05, 4.69) is 12.1 Å². The quantitative estimate of drug-likeness (QED) is 0.311. The molecule has 0 aliphatic carbocycles. The number of pyridine rings is 1. The minimum Gasteiger partial charge on any atom is -0.453 e. The van der Waals surface area contributed by atoms with Crippen LogP contribution in [0.2, 0.25) is 0 Å². The van der Waals surface area contributed by atoms with Gasteiger partial charge < -0.3 is 4.42 Å². The third kappa shape index (κ3) is 2.10. The van der Waals surface area contributed by atoms with Gasteiger partial charge in [-0.2, -0.15) is 0 Å². The van der Waals surface area contributed by atoms with Crippen molar-refractivity contribution in [1.82, 2.24) is 4.98 Å². The molecule has 2 aromatic heterocycles. The molecular formula is C25H14FNO. The highest BCUT2D eigenvalue weighted by atomic mass is 19.1. The SMILES string of the molecule is Fc1ccc2ccc3c(oc4c(-c5ccccc5)nc5ccccc5c43)c2c1. The Morgan fingerprint density at radius 1 is 0.679 bits per heavy atom. The van der Waals surface area contributed by atoms with E-state index < -0.39 is 0 Å². The predicted molar refractivity (Wildman–Crippen MR) is 112 cm³/mol. The first-order valence-electron chi connectivity index (χ1n) is 9.18. The smallest absolute Gasteiger partial charge is 0.162 e. The Balaban J connectivity index is 1.88. The summed E-state index contributed by atoms with van der Waals surface area (Å²) in [5.41, 5.74) is 4.14.